The van der Waals surface area contributed by atoms with E-state index >= 15 is 0 Å². The Morgan fingerprint density at radius 2 is 1.94 bits per heavy atom. The van der Waals surface area contributed by atoms with Gasteiger partial charge in [-0.3, -0.25) is 10.1 Å². The fourth-order valence-corrected chi connectivity index (χ4v) is 3.69. The number of nitrogens with zero attached hydrogens (tertiary/aromatic N) is 1. The van der Waals surface area contributed by atoms with E-state index in [2.05, 4.69) is 10.6 Å². The molecule has 2 N–H and O–H groups in total. The number of non-ortho nitro benzene ring substituents is 1. The highest BCUT2D eigenvalue weighted by molar-refractivity contribution is 7.09. The van der Waals surface area contributed by atoms with E-state index in [9.17, 15) is 10.1 Å². The normalized spacial score (nSPS) is 10.3. The molecule has 166 valence electrons. The molecule has 0 unspecified atom stereocenters. The van der Waals surface area contributed by atoms with E-state index in [0.717, 1.165) is 16.1 Å². The number of rotatable bonds is 11. The first-order chi connectivity index (χ1) is 14.6. The number of methoxy groups -OCH3 is 1. The number of ether oxygens (including phenoxy) is 2. The Bertz CT molecular complexity index is 970. The maximum atomic E-state index is 10.7. The summed E-state index contributed by atoms with van der Waals surface area (Å²) in [6, 6.07) is 14.1. The Labute approximate surface area is 195 Å². The van der Waals surface area contributed by atoms with Crippen LogP contribution in [0.5, 0.6) is 11.5 Å². The maximum Gasteiger partial charge on any atom is 0.269 e. The number of thiophene rings is 1. The second kappa shape index (κ2) is 12.4. The molecule has 0 aliphatic carbocycles. The molecule has 7 nitrogen and oxygen atoms in total. The molecular formula is C21H23Cl2N3O4S. The number of nitro groups is 1. The van der Waals surface area contributed by atoms with Gasteiger partial charge in [0.1, 0.15) is 6.61 Å². The lowest BCUT2D eigenvalue weighted by Crippen LogP contribution is -2.21. The highest BCUT2D eigenvalue weighted by atomic mass is 35.5. The Hall–Kier alpha value is -2.52. The van der Waals surface area contributed by atoms with Crippen molar-refractivity contribution in [3.8, 4) is 11.5 Å². The van der Waals surface area contributed by atoms with Gasteiger partial charge in [-0.25, -0.2) is 0 Å². The summed E-state index contributed by atoms with van der Waals surface area (Å²) < 4.78 is 11.3. The van der Waals surface area contributed by atoms with Crippen molar-refractivity contribution in [1.82, 2.24) is 5.32 Å². The summed E-state index contributed by atoms with van der Waals surface area (Å²) in [5, 5.41) is 19.7. The largest absolute Gasteiger partial charge is 0.493 e. The first-order valence-corrected chi connectivity index (χ1v) is 10.5. The first kappa shape index (κ1) is 24.7. The van der Waals surface area contributed by atoms with Crippen LogP contribution in [0.3, 0.4) is 0 Å². The lowest BCUT2D eigenvalue weighted by Gasteiger charge is -2.14. The molecule has 0 spiro atoms. The number of hydrogen-bond donors (Lipinski definition) is 2. The standard InChI is InChI=1S/C21H22ClN3O4S.ClH/c1-28-20-12-15(11-19(22)21(20)29-14-18-3-2-10-30-18)13-23-8-9-24-16-4-6-17(7-5-16)25(26)27;/h2-7,10-12,23-24H,8-9,13-14H2,1H3;1H. The van der Waals surface area contributed by atoms with Gasteiger partial charge in [-0.05, 0) is 41.3 Å². The van der Waals surface area contributed by atoms with Crippen molar-refractivity contribution in [2.45, 2.75) is 13.2 Å². The number of hydrogen-bond acceptors (Lipinski definition) is 7. The van der Waals surface area contributed by atoms with Crippen LogP contribution < -0.4 is 20.1 Å². The van der Waals surface area contributed by atoms with Crippen molar-refractivity contribution in [2.24, 2.45) is 0 Å². The number of anilines is 1. The zero-order valence-corrected chi connectivity index (χ0v) is 19.2. The van der Waals surface area contributed by atoms with E-state index < -0.39 is 4.92 Å². The molecule has 0 aliphatic rings. The lowest BCUT2D eigenvalue weighted by atomic mass is 10.2. The minimum Gasteiger partial charge on any atom is -0.493 e. The van der Waals surface area contributed by atoms with Gasteiger partial charge < -0.3 is 20.1 Å². The van der Waals surface area contributed by atoms with Crippen LogP contribution in [0, 0.1) is 10.1 Å². The molecule has 0 saturated heterocycles. The Morgan fingerprint density at radius 3 is 2.58 bits per heavy atom. The van der Waals surface area contributed by atoms with E-state index in [-0.39, 0.29) is 18.1 Å². The first-order valence-electron chi connectivity index (χ1n) is 9.27. The fraction of sp³-hybridized carbons (Fsp3) is 0.238. The van der Waals surface area contributed by atoms with Crippen LogP contribution in [0.2, 0.25) is 5.02 Å². The van der Waals surface area contributed by atoms with Crippen LogP contribution in [0.4, 0.5) is 11.4 Å². The smallest absolute Gasteiger partial charge is 0.269 e. The molecule has 10 heteroatoms. The topological polar surface area (TPSA) is 85.7 Å². The van der Waals surface area contributed by atoms with Crippen LogP contribution in [0.15, 0.2) is 53.9 Å². The maximum absolute atomic E-state index is 10.7. The van der Waals surface area contributed by atoms with Gasteiger partial charge in [0, 0.05) is 42.3 Å². The van der Waals surface area contributed by atoms with Crippen LogP contribution in [0.25, 0.3) is 0 Å². The molecule has 0 aliphatic heterocycles. The van der Waals surface area contributed by atoms with Gasteiger partial charge in [0.2, 0.25) is 0 Å². The quantitative estimate of drug-likeness (QED) is 0.212. The van der Waals surface area contributed by atoms with Crippen LogP contribution in [-0.2, 0) is 13.2 Å². The van der Waals surface area contributed by atoms with E-state index in [4.69, 9.17) is 21.1 Å². The van der Waals surface area contributed by atoms with Gasteiger partial charge in [-0.1, -0.05) is 17.7 Å². The third-order valence-corrected chi connectivity index (χ3v) is 5.40. The van der Waals surface area contributed by atoms with Gasteiger partial charge in [-0.2, -0.15) is 0 Å². The summed E-state index contributed by atoms with van der Waals surface area (Å²) in [4.78, 5) is 11.4. The lowest BCUT2D eigenvalue weighted by molar-refractivity contribution is -0.384. The van der Waals surface area contributed by atoms with Gasteiger partial charge in [0.15, 0.2) is 11.5 Å². The highest BCUT2D eigenvalue weighted by Gasteiger charge is 2.12. The Balaban J connectivity index is 0.00000341. The van der Waals surface area contributed by atoms with Crippen LogP contribution in [0.1, 0.15) is 10.4 Å². The number of nitrogens with one attached hydrogen (secondary N) is 2. The average Bonchev–Trinajstić information content (AvgIpc) is 3.26. The fourth-order valence-electron chi connectivity index (χ4n) is 2.78. The van der Waals surface area contributed by atoms with Gasteiger partial charge in [-0.15, -0.1) is 23.7 Å². The van der Waals surface area contributed by atoms with Crippen LogP contribution in [-0.4, -0.2) is 25.1 Å². The molecule has 0 fully saturated rings. The highest BCUT2D eigenvalue weighted by Crippen LogP contribution is 2.37. The van der Waals surface area contributed by atoms with Gasteiger partial charge in [0.05, 0.1) is 17.1 Å². The predicted octanol–water partition coefficient (Wildman–Crippen LogP) is 5.52. The van der Waals surface area contributed by atoms with Crippen molar-refractivity contribution >= 4 is 46.7 Å². The zero-order chi connectivity index (χ0) is 21.3. The Kier molecular flexibility index (Phi) is 9.87. The van der Waals surface area contributed by atoms with Crippen LogP contribution >= 0.6 is 35.3 Å². The second-order valence-electron chi connectivity index (χ2n) is 6.38. The van der Waals surface area contributed by atoms with E-state index in [1.54, 1.807) is 30.6 Å². The van der Waals surface area contributed by atoms with Gasteiger partial charge >= 0.3 is 0 Å². The molecular weight excluding hydrogens is 461 g/mol. The molecule has 0 bridgehead atoms. The molecule has 0 saturated carbocycles. The Morgan fingerprint density at radius 1 is 1.16 bits per heavy atom. The van der Waals surface area contributed by atoms with E-state index in [1.807, 2.05) is 29.6 Å². The predicted molar refractivity (Wildman–Crippen MR) is 127 cm³/mol. The summed E-state index contributed by atoms with van der Waals surface area (Å²) in [6.45, 7) is 2.43. The molecule has 0 atom stereocenters. The molecule has 1 heterocycles. The monoisotopic (exact) mass is 483 g/mol. The number of benzene rings is 2. The second-order valence-corrected chi connectivity index (χ2v) is 7.82. The summed E-state index contributed by atoms with van der Waals surface area (Å²) in [6.07, 6.45) is 0. The van der Waals surface area contributed by atoms with E-state index in [1.165, 1.54) is 12.1 Å². The number of halogens is 2. The third kappa shape index (κ3) is 7.29. The molecule has 2 aromatic carbocycles. The molecule has 1 aromatic heterocycles. The zero-order valence-electron chi connectivity index (χ0n) is 16.8. The van der Waals surface area contributed by atoms with Crippen molar-refractivity contribution in [1.29, 1.82) is 0 Å². The van der Waals surface area contributed by atoms with Crippen molar-refractivity contribution < 1.29 is 14.4 Å². The van der Waals surface area contributed by atoms with Crippen molar-refractivity contribution in [3.63, 3.8) is 0 Å². The minimum absolute atomic E-state index is 0. The van der Waals surface area contributed by atoms with E-state index in [0.29, 0.717) is 42.8 Å². The van der Waals surface area contributed by atoms with Crippen molar-refractivity contribution in [2.75, 3.05) is 25.5 Å². The summed E-state index contributed by atoms with van der Waals surface area (Å²) in [5.74, 6) is 1.14. The molecule has 3 rings (SSSR count). The molecule has 0 amide bonds. The molecule has 31 heavy (non-hydrogen) atoms. The number of nitro benzene ring substituents is 1. The minimum atomic E-state index is -0.413. The molecule has 0 radical (unpaired) electrons. The summed E-state index contributed by atoms with van der Waals surface area (Å²) in [5.41, 5.74) is 1.89. The van der Waals surface area contributed by atoms with Crippen molar-refractivity contribution in [3.05, 3.63) is 79.5 Å². The molecule has 3 aromatic rings. The van der Waals surface area contributed by atoms with Gasteiger partial charge in [0.25, 0.3) is 5.69 Å². The summed E-state index contributed by atoms with van der Waals surface area (Å²) in [7, 11) is 1.59. The summed E-state index contributed by atoms with van der Waals surface area (Å²) >= 11 is 8.04. The SMILES string of the molecule is COc1cc(CNCCNc2ccc([N+](=O)[O-])cc2)cc(Cl)c1OCc1cccs1.Cl. The third-order valence-electron chi connectivity index (χ3n) is 4.27. The average molecular weight is 484 g/mol.